The largest absolute Gasteiger partial charge is 1.00 e. The Hall–Kier alpha value is -3.92. The molecule has 0 spiro atoms. The first-order chi connectivity index (χ1) is 30.9. The SMILES string of the molecule is CCCCc1cc(C=C2Sc3ccccc3N2C)c2ccccc2[n+]1CCCCCC(=O)NCCCC(=O)CCCC[n+]1ccc(C=C2Sc3ccccc3N2C)c2ccccc21.[I-].[I-]. The number of Topliss-reactive ketones (excluding diaryl/α,β-unsaturated/α-hetero) is 1. The second-order valence-corrected chi connectivity index (χ2v) is 19.0. The van der Waals surface area contributed by atoms with E-state index in [4.69, 9.17) is 0 Å². The first kappa shape index (κ1) is 50.5. The molecule has 1 N–H and O–H groups in total. The van der Waals surface area contributed by atoms with Crippen LogP contribution in [0.1, 0.15) is 94.4 Å². The van der Waals surface area contributed by atoms with Crippen molar-refractivity contribution in [1.82, 2.24) is 5.32 Å². The van der Waals surface area contributed by atoms with E-state index in [0.717, 1.165) is 64.5 Å². The third-order valence-electron chi connectivity index (χ3n) is 12.4. The highest BCUT2D eigenvalue weighted by atomic mass is 127. The second kappa shape index (κ2) is 24.7. The van der Waals surface area contributed by atoms with Gasteiger partial charge in [-0.1, -0.05) is 85.4 Å². The number of halogens is 2. The zero-order valence-corrected chi connectivity index (χ0v) is 43.9. The van der Waals surface area contributed by atoms with Crippen molar-refractivity contribution in [3.8, 4) is 0 Å². The predicted octanol–water partition coefficient (Wildman–Crippen LogP) is 5.90. The monoisotopic (exact) mass is 1130 g/mol. The summed E-state index contributed by atoms with van der Waals surface area (Å²) in [6, 6.07) is 39.2. The second-order valence-electron chi connectivity index (χ2n) is 16.8. The van der Waals surface area contributed by atoms with Crippen molar-refractivity contribution in [3.05, 3.63) is 142 Å². The summed E-state index contributed by atoms with van der Waals surface area (Å²) in [4.78, 5) is 32.6. The molecule has 0 atom stereocenters. The van der Waals surface area contributed by atoms with Crippen LogP contribution in [0.2, 0.25) is 0 Å². The van der Waals surface area contributed by atoms with Crippen LogP contribution in [0.15, 0.2) is 135 Å². The number of aryl methyl sites for hydroxylation is 3. The van der Waals surface area contributed by atoms with Gasteiger partial charge in [0.1, 0.15) is 18.9 Å². The van der Waals surface area contributed by atoms with Crippen LogP contribution < -0.4 is 72.2 Å². The average Bonchev–Trinajstić information content (AvgIpc) is 3.80. The Morgan fingerprint density at radius 1 is 0.615 bits per heavy atom. The average molecular weight is 1130 g/mol. The van der Waals surface area contributed by atoms with Crippen molar-refractivity contribution in [2.75, 3.05) is 30.4 Å². The Labute approximate surface area is 428 Å². The van der Waals surface area contributed by atoms with Crippen molar-refractivity contribution in [1.29, 1.82) is 0 Å². The van der Waals surface area contributed by atoms with E-state index in [2.05, 4.69) is 173 Å². The number of unbranched alkanes of at least 4 members (excludes halogenated alkanes) is 4. The molecule has 0 fully saturated rings. The molecule has 1 amide bonds. The number of carbonyl (C=O) groups is 2. The molecule has 4 heterocycles. The normalized spacial score (nSPS) is 14.1. The number of rotatable bonds is 20. The minimum absolute atomic E-state index is 0. The molecule has 6 aromatic rings. The number of nitrogens with one attached hydrogen (secondary N) is 1. The van der Waals surface area contributed by atoms with E-state index in [9.17, 15) is 9.59 Å². The number of anilines is 2. The lowest BCUT2D eigenvalue weighted by Crippen LogP contribution is -3.00. The number of thioether (sulfide) groups is 2. The molecular formula is C54H61I2N5O2S2. The Balaban J connectivity index is 0.00000350. The molecule has 2 aliphatic rings. The van der Waals surface area contributed by atoms with Crippen LogP contribution >= 0.6 is 23.5 Å². The quantitative estimate of drug-likeness (QED) is 0.0585. The molecule has 8 rings (SSSR count). The topological polar surface area (TPSA) is 60.4 Å². The minimum Gasteiger partial charge on any atom is -1.00 e. The molecule has 2 aliphatic heterocycles. The molecule has 0 radical (unpaired) electrons. The number of amides is 1. The van der Waals surface area contributed by atoms with Crippen LogP contribution in [0.25, 0.3) is 34.0 Å². The van der Waals surface area contributed by atoms with Gasteiger partial charge in [-0.15, -0.1) is 0 Å². The Morgan fingerprint density at radius 3 is 1.86 bits per heavy atom. The van der Waals surface area contributed by atoms with Gasteiger partial charge in [0, 0.05) is 93.2 Å². The Kier molecular flexibility index (Phi) is 19.2. The third kappa shape index (κ3) is 12.5. The number of hydrogen-bond donors (Lipinski definition) is 1. The van der Waals surface area contributed by atoms with E-state index in [1.165, 1.54) is 69.9 Å². The molecule has 0 saturated carbocycles. The summed E-state index contributed by atoms with van der Waals surface area (Å²) < 4.78 is 4.84. The Morgan fingerprint density at radius 2 is 1.18 bits per heavy atom. The molecule has 4 aromatic carbocycles. The fourth-order valence-electron chi connectivity index (χ4n) is 8.84. The van der Waals surface area contributed by atoms with E-state index in [-0.39, 0.29) is 59.6 Å². The number of hydrogen-bond acceptors (Lipinski definition) is 6. The summed E-state index contributed by atoms with van der Waals surface area (Å²) in [5.74, 6) is 0.368. The van der Waals surface area contributed by atoms with Gasteiger partial charge in [-0.05, 0) is 91.8 Å². The molecule has 65 heavy (non-hydrogen) atoms. The van der Waals surface area contributed by atoms with E-state index in [0.29, 0.717) is 32.2 Å². The highest BCUT2D eigenvalue weighted by Gasteiger charge is 2.25. The third-order valence-corrected chi connectivity index (χ3v) is 14.7. The summed E-state index contributed by atoms with van der Waals surface area (Å²) in [7, 11) is 4.29. The van der Waals surface area contributed by atoms with Gasteiger partial charge in [0.15, 0.2) is 11.9 Å². The summed E-state index contributed by atoms with van der Waals surface area (Å²) in [6.07, 6.45) is 17.2. The smallest absolute Gasteiger partial charge is 0.219 e. The van der Waals surface area contributed by atoms with E-state index < -0.39 is 0 Å². The van der Waals surface area contributed by atoms with E-state index in [1.807, 2.05) is 23.5 Å². The van der Waals surface area contributed by atoms with Crippen molar-refractivity contribution in [2.45, 2.75) is 107 Å². The van der Waals surface area contributed by atoms with Crippen molar-refractivity contribution in [3.63, 3.8) is 0 Å². The van der Waals surface area contributed by atoms with Gasteiger partial charge in [0.05, 0.1) is 32.2 Å². The minimum atomic E-state index is 0. The zero-order valence-electron chi connectivity index (χ0n) is 37.9. The summed E-state index contributed by atoms with van der Waals surface area (Å²) in [5.41, 5.74) is 8.85. The predicted molar refractivity (Wildman–Crippen MR) is 264 cm³/mol. The number of pyridine rings is 2. The van der Waals surface area contributed by atoms with Crippen LogP contribution in [-0.2, 0) is 29.1 Å². The molecule has 0 saturated heterocycles. The standard InChI is InChI=1S/C54H60N5O2S2.2HI/c1-4-5-20-42-37-41(39-54-57(3)49-28-13-15-30-51(49)63-54)45-24-9-11-26-47(45)59(42)35-17-6-7-31-52(61)55-33-19-22-43(60)21-16-18-34-58-36-32-40(44-23-8-10-25-46(44)58)38-53-56(2)48-27-12-14-29-50(48)62-53;;/h8-15,23-30,32,36-39H,4-7,16-22,31,33-35H2,1-3H3;2*1H/q+1;;/p-1. The fraction of sp³-hybridized carbons (Fsp3) is 0.333. The first-order valence-corrected chi connectivity index (χ1v) is 24.6. The maximum absolute atomic E-state index is 12.8. The van der Waals surface area contributed by atoms with Gasteiger partial charge in [-0.3, -0.25) is 9.59 Å². The molecule has 7 nitrogen and oxygen atoms in total. The molecular weight excluding hydrogens is 1070 g/mol. The highest BCUT2D eigenvalue weighted by Crippen LogP contribution is 2.47. The van der Waals surface area contributed by atoms with Crippen molar-refractivity contribution < 1.29 is 66.7 Å². The molecule has 0 unspecified atom stereocenters. The number of nitrogens with zero attached hydrogens (tertiary/aromatic N) is 4. The molecule has 11 heteroatoms. The number of para-hydroxylation sites is 4. The van der Waals surface area contributed by atoms with Gasteiger partial charge in [0.2, 0.25) is 16.9 Å². The summed E-state index contributed by atoms with van der Waals surface area (Å²) >= 11 is 3.65. The van der Waals surface area contributed by atoms with Crippen molar-refractivity contribution >= 4 is 80.5 Å². The fourth-order valence-corrected chi connectivity index (χ4v) is 11.0. The first-order valence-electron chi connectivity index (χ1n) is 23.0. The molecule has 0 bridgehead atoms. The maximum atomic E-state index is 12.8. The number of ketones is 1. The lowest BCUT2D eigenvalue weighted by atomic mass is 10.0. The van der Waals surface area contributed by atoms with Gasteiger partial charge in [-0.25, -0.2) is 0 Å². The number of benzene rings is 4. The number of carbonyl (C=O) groups excluding carboxylic acids is 2. The molecule has 340 valence electrons. The van der Waals surface area contributed by atoms with Crippen LogP contribution in [-0.4, -0.2) is 32.3 Å². The van der Waals surface area contributed by atoms with Crippen LogP contribution in [0, 0.1) is 0 Å². The lowest BCUT2D eigenvalue weighted by molar-refractivity contribution is -0.679. The lowest BCUT2D eigenvalue weighted by Gasteiger charge is -2.15. The van der Waals surface area contributed by atoms with Crippen LogP contribution in [0.4, 0.5) is 11.4 Å². The highest BCUT2D eigenvalue weighted by molar-refractivity contribution is 8.04. The van der Waals surface area contributed by atoms with Crippen molar-refractivity contribution in [2.24, 2.45) is 0 Å². The van der Waals surface area contributed by atoms with Crippen LogP contribution in [0.3, 0.4) is 0 Å². The Bertz CT molecular complexity index is 2670. The number of fused-ring (bicyclic) bond motifs is 4. The van der Waals surface area contributed by atoms with E-state index >= 15 is 0 Å². The van der Waals surface area contributed by atoms with Crippen LogP contribution in [0.5, 0.6) is 0 Å². The zero-order chi connectivity index (χ0) is 43.5. The van der Waals surface area contributed by atoms with E-state index in [1.54, 1.807) is 0 Å². The molecule has 2 aromatic heterocycles. The van der Waals surface area contributed by atoms with Gasteiger partial charge in [-0.2, -0.15) is 9.13 Å². The van der Waals surface area contributed by atoms with Gasteiger partial charge >= 0.3 is 0 Å². The maximum Gasteiger partial charge on any atom is 0.219 e. The summed E-state index contributed by atoms with van der Waals surface area (Å²) in [5, 5.41) is 8.04. The number of aromatic nitrogens is 2. The molecule has 0 aliphatic carbocycles. The summed E-state index contributed by atoms with van der Waals surface area (Å²) in [6.45, 7) is 4.62. The van der Waals surface area contributed by atoms with Gasteiger partial charge < -0.3 is 63.1 Å². The van der Waals surface area contributed by atoms with Gasteiger partial charge in [0.25, 0.3) is 0 Å².